The lowest BCUT2D eigenvalue weighted by Crippen LogP contribution is -2.39. The molecule has 65 heavy (non-hydrogen) atoms. The van der Waals surface area contributed by atoms with E-state index < -0.39 is 53.6 Å². The quantitative estimate of drug-likeness (QED) is 0.0287. The van der Waals surface area contributed by atoms with Crippen LogP contribution in [-0.4, -0.2) is 78.0 Å². The number of unbranched alkanes of at least 4 members (excludes halogenated alkanes) is 22. The van der Waals surface area contributed by atoms with Gasteiger partial charge in [0.2, 0.25) is 0 Å². The molecule has 1 N–H and O–H groups in total. The molecule has 1 saturated heterocycles. The third-order valence-electron chi connectivity index (χ3n) is 12.1. The number of aliphatic carboxylic acids is 1. The van der Waals surface area contributed by atoms with Crippen LogP contribution in [0.5, 0.6) is 0 Å². The Balaban J connectivity index is 1.91. The Kier molecular flexibility index (Phi) is 30.2. The van der Waals surface area contributed by atoms with Crippen LogP contribution in [0.2, 0.25) is 0 Å². The fourth-order valence-electron chi connectivity index (χ4n) is 7.90. The van der Waals surface area contributed by atoms with Gasteiger partial charge in [-0.3, -0.25) is 14.4 Å². The summed E-state index contributed by atoms with van der Waals surface area (Å²) in [6.07, 6.45) is 25.4. The van der Waals surface area contributed by atoms with Gasteiger partial charge >= 0.3 is 23.9 Å². The fourth-order valence-corrected chi connectivity index (χ4v) is 7.90. The van der Waals surface area contributed by atoms with E-state index in [2.05, 4.69) is 13.8 Å². The van der Waals surface area contributed by atoms with Crippen molar-refractivity contribution in [3.63, 3.8) is 0 Å². The number of rotatable bonds is 40. The summed E-state index contributed by atoms with van der Waals surface area (Å²) >= 11 is 0. The molecule has 2 rings (SSSR count). The van der Waals surface area contributed by atoms with Crippen molar-refractivity contribution in [2.75, 3.05) is 19.8 Å². The second kappa shape index (κ2) is 34.0. The van der Waals surface area contributed by atoms with Crippen LogP contribution in [0.1, 0.15) is 244 Å². The molecule has 1 heterocycles. The predicted octanol–water partition coefficient (Wildman–Crippen LogP) is 12.9. The summed E-state index contributed by atoms with van der Waals surface area (Å²) in [6.45, 7) is 11.9. The first-order valence-electron chi connectivity index (χ1n) is 25.6. The van der Waals surface area contributed by atoms with Gasteiger partial charge in [0, 0.05) is 30.4 Å². The van der Waals surface area contributed by atoms with E-state index in [4.69, 9.17) is 33.5 Å². The molecule has 12 nitrogen and oxygen atoms in total. The molecular formula is C53H88O12. The number of ketones is 1. The van der Waals surface area contributed by atoms with E-state index in [0.29, 0.717) is 17.5 Å². The van der Waals surface area contributed by atoms with Crippen molar-refractivity contribution in [3.8, 4) is 0 Å². The lowest BCUT2D eigenvalue weighted by atomic mass is 9.95. The number of benzene rings is 1. The average Bonchev–Trinajstić information content (AvgIpc) is 3.72. The Hall–Kier alpha value is -3.35. The standard InChI is InChI=1S/C53H88O12/c1-7-9-11-13-15-17-19-21-23-25-27-29-39-60-49(58)46-47(50(59)61-40-30-28-26-24-22-20-18-16-14-12-10-8-2)64-51(63-46)43-36-34-42(35-37-43)48(57)53(5,6)62-41-38-52(3,4)65-45(56)33-31-32-44(54)55/h34-37,46-47,51H,7-33,38-41H2,1-6H3,(H,54,55). The highest BCUT2D eigenvalue weighted by atomic mass is 16.8. The van der Waals surface area contributed by atoms with E-state index in [1.165, 1.54) is 116 Å². The number of ether oxygens (including phenoxy) is 6. The van der Waals surface area contributed by atoms with Gasteiger partial charge in [-0.05, 0) is 47.0 Å². The minimum absolute atomic E-state index is 0.00198. The Bertz CT molecular complexity index is 1420. The molecule has 0 aromatic heterocycles. The summed E-state index contributed by atoms with van der Waals surface area (Å²) in [5.74, 6) is -3.06. The van der Waals surface area contributed by atoms with Crippen LogP contribution in [-0.2, 0) is 47.6 Å². The molecule has 1 aromatic rings. The summed E-state index contributed by atoms with van der Waals surface area (Å²) in [4.78, 5) is 63.4. The van der Waals surface area contributed by atoms with Gasteiger partial charge in [0.15, 0.2) is 24.3 Å². The molecule has 0 bridgehead atoms. The Labute approximate surface area is 392 Å². The molecule has 1 aliphatic heterocycles. The molecule has 1 aromatic carbocycles. The number of esters is 3. The lowest BCUT2D eigenvalue weighted by Gasteiger charge is -2.29. The van der Waals surface area contributed by atoms with Crippen LogP contribution in [0.25, 0.3) is 0 Å². The summed E-state index contributed by atoms with van der Waals surface area (Å²) in [5, 5.41) is 8.81. The zero-order valence-electron chi connectivity index (χ0n) is 41.4. The topological polar surface area (TPSA) is 161 Å². The van der Waals surface area contributed by atoms with E-state index >= 15 is 0 Å². The monoisotopic (exact) mass is 917 g/mol. The highest BCUT2D eigenvalue weighted by Crippen LogP contribution is 2.34. The van der Waals surface area contributed by atoms with Crippen LogP contribution < -0.4 is 0 Å². The SMILES string of the molecule is CCCCCCCCCCCCCCOC(=O)C1OC(c2ccc(C(=O)C(C)(C)OCCC(C)(C)OC(=O)CCCC(=O)O)cc2)OC1C(=O)OCCCCCCCCCCCCCC. The van der Waals surface area contributed by atoms with E-state index in [1.54, 1.807) is 52.0 Å². The number of hydrogen-bond donors (Lipinski definition) is 1. The van der Waals surface area contributed by atoms with Gasteiger partial charge in [-0.2, -0.15) is 0 Å². The fraction of sp³-hybridized carbons (Fsp3) is 0.792. The van der Waals surface area contributed by atoms with Crippen molar-refractivity contribution in [1.29, 1.82) is 0 Å². The van der Waals surface area contributed by atoms with Crippen LogP contribution in [0, 0.1) is 0 Å². The minimum atomic E-state index is -1.30. The van der Waals surface area contributed by atoms with E-state index in [9.17, 15) is 24.0 Å². The molecule has 1 aliphatic rings. The van der Waals surface area contributed by atoms with Crippen molar-refractivity contribution < 1.29 is 57.5 Å². The van der Waals surface area contributed by atoms with Gasteiger partial charge in [0.1, 0.15) is 11.2 Å². The smallest absolute Gasteiger partial charge is 0.338 e. The van der Waals surface area contributed by atoms with Crippen LogP contribution in [0.3, 0.4) is 0 Å². The molecule has 2 atom stereocenters. The van der Waals surface area contributed by atoms with E-state index in [-0.39, 0.29) is 44.9 Å². The molecule has 0 saturated carbocycles. The maximum atomic E-state index is 13.6. The lowest BCUT2D eigenvalue weighted by molar-refractivity contribution is -0.163. The first-order valence-corrected chi connectivity index (χ1v) is 25.6. The van der Waals surface area contributed by atoms with Crippen LogP contribution in [0.15, 0.2) is 24.3 Å². The van der Waals surface area contributed by atoms with Gasteiger partial charge in [0.25, 0.3) is 0 Å². The van der Waals surface area contributed by atoms with Gasteiger partial charge < -0.3 is 33.5 Å². The maximum absolute atomic E-state index is 13.6. The van der Waals surface area contributed by atoms with Crippen LogP contribution in [0.4, 0.5) is 0 Å². The molecular weight excluding hydrogens is 829 g/mol. The molecule has 2 unspecified atom stereocenters. The summed E-state index contributed by atoms with van der Waals surface area (Å²) in [5.41, 5.74) is -1.20. The molecule has 12 heteroatoms. The second-order valence-electron chi connectivity index (χ2n) is 19.1. The third kappa shape index (κ3) is 26.0. The van der Waals surface area contributed by atoms with E-state index in [1.807, 2.05) is 0 Å². The average molecular weight is 917 g/mol. The summed E-state index contributed by atoms with van der Waals surface area (Å²) < 4.78 is 34.9. The Morgan fingerprint density at radius 2 is 0.938 bits per heavy atom. The zero-order valence-corrected chi connectivity index (χ0v) is 41.4. The molecule has 1 fully saturated rings. The van der Waals surface area contributed by atoms with Crippen molar-refractivity contribution in [2.45, 2.75) is 251 Å². The molecule has 0 radical (unpaired) electrons. The van der Waals surface area contributed by atoms with Crippen LogP contribution >= 0.6 is 0 Å². The Morgan fingerprint density at radius 1 is 0.538 bits per heavy atom. The van der Waals surface area contributed by atoms with Crippen molar-refractivity contribution in [2.24, 2.45) is 0 Å². The number of carbonyl (C=O) groups excluding carboxylic acids is 4. The second-order valence-corrected chi connectivity index (χ2v) is 19.1. The normalized spacial score (nSPS) is 16.4. The predicted molar refractivity (Wildman–Crippen MR) is 254 cm³/mol. The molecule has 0 amide bonds. The molecule has 0 spiro atoms. The number of hydrogen-bond acceptors (Lipinski definition) is 11. The minimum Gasteiger partial charge on any atom is -0.481 e. The third-order valence-corrected chi connectivity index (χ3v) is 12.1. The molecule has 0 aliphatic carbocycles. The molecule has 372 valence electrons. The number of carbonyl (C=O) groups is 5. The van der Waals surface area contributed by atoms with Gasteiger partial charge in [-0.15, -0.1) is 0 Å². The van der Waals surface area contributed by atoms with Crippen molar-refractivity contribution in [3.05, 3.63) is 35.4 Å². The largest absolute Gasteiger partial charge is 0.481 e. The van der Waals surface area contributed by atoms with E-state index in [0.717, 1.165) is 38.5 Å². The van der Waals surface area contributed by atoms with Crippen molar-refractivity contribution in [1.82, 2.24) is 0 Å². The highest BCUT2D eigenvalue weighted by Gasteiger charge is 2.48. The number of carboxylic acid groups (broad SMARTS) is 1. The zero-order chi connectivity index (χ0) is 47.8. The summed E-state index contributed by atoms with van der Waals surface area (Å²) in [6, 6.07) is 6.57. The number of carboxylic acids is 1. The van der Waals surface area contributed by atoms with Gasteiger partial charge in [0.05, 0.1) is 19.8 Å². The Morgan fingerprint density at radius 3 is 1.34 bits per heavy atom. The summed E-state index contributed by atoms with van der Waals surface area (Å²) in [7, 11) is 0. The first-order chi connectivity index (χ1) is 31.2. The highest BCUT2D eigenvalue weighted by molar-refractivity contribution is 6.02. The number of Topliss-reactive ketones (excluding diaryl/α,β-unsaturated/α-hetero) is 1. The van der Waals surface area contributed by atoms with Gasteiger partial charge in [-0.25, -0.2) is 9.59 Å². The maximum Gasteiger partial charge on any atom is 0.338 e. The van der Waals surface area contributed by atoms with Crippen molar-refractivity contribution >= 4 is 29.7 Å². The van der Waals surface area contributed by atoms with Gasteiger partial charge in [-0.1, -0.05) is 179 Å². The first kappa shape index (κ1) is 57.8.